The highest BCUT2D eigenvalue weighted by molar-refractivity contribution is 5.07. The van der Waals surface area contributed by atoms with E-state index >= 15 is 0 Å². The van der Waals surface area contributed by atoms with Crippen LogP contribution in [-0.4, -0.2) is 12.0 Å². The van der Waals surface area contributed by atoms with Crippen LogP contribution in [-0.2, 0) is 6.54 Å². The molecule has 1 heterocycles. The molecule has 0 radical (unpaired) electrons. The molecule has 0 bridgehead atoms. The van der Waals surface area contributed by atoms with Crippen LogP contribution in [0.25, 0.3) is 0 Å². The highest BCUT2D eigenvalue weighted by Gasteiger charge is 1.84. The Bertz CT molecular complexity index is 165. The average molecular weight is 124 g/mol. The average Bonchev–Trinajstić information content (AvgIpc) is 1.91. The second-order valence-corrected chi connectivity index (χ2v) is 1.89. The van der Waals surface area contributed by atoms with Crippen molar-refractivity contribution in [1.29, 1.82) is 0 Å². The molecule has 2 nitrogen and oxygen atoms in total. The first kappa shape index (κ1) is 6.23. The van der Waals surface area contributed by atoms with E-state index < -0.39 is 0 Å². The molecule has 2 heteroatoms. The summed E-state index contributed by atoms with van der Waals surface area (Å²) in [6.45, 7) is 0.897. The minimum Gasteiger partial charge on any atom is -0.316 e. The third-order valence-corrected chi connectivity index (χ3v) is 1.10. The summed E-state index contributed by atoms with van der Waals surface area (Å²) in [5, 5.41) is 3.04. The molecule has 0 fully saturated rings. The van der Waals surface area contributed by atoms with Gasteiger partial charge in [0.2, 0.25) is 0 Å². The van der Waals surface area contributed by atoms with Crippen molar-refractivity contribution >= 4 is 0 Å². The van der Waals surface area contributed by atoms with Gasteiger partial charge < -0.3 is 5.32 Å². The van der Waals surface area contributed by atoms with Crippen molar-refractivity contribution in [2.45, 2.75) is 6.54 Å². The highest BCUT2D eigenvalue weighted by atomic mass is 14.8. The van der Waals surface area contributed by atoms with Gasteiger partial charge in [0, 0.05) is 20.4 Å². The fourth-order valence-corrected chi connectivity index (χ4v) is 0.707. The first-order chi connectivity index (χ1) is 4.43. The third kappa shape index (κ3) is 1.82. The lowest BCUT2D eigenvalue weighted by molar-refractivity contribution is 0.813. The fourth-order valence-electron chi connectivity index (χ4n) is 0.707. The Labute approximate surface area is 56.4 Å². The van der Waals surface area contributed by atoms with Crippen molar-refractivity contribution in [3.8, 4) is 0 Å². The van der Waals surface area contributed by atoms with Gasteiger partial charge in [-0.15, -0.1) is 0 Å². The van der Waals surface area contributed by atoms with Crippen LogP contribution in [0.15, 0.2) is 24.5 Å². The van der Waals surface area contributed by atoms with Gasteiger partial charge in [0.05, 0.1) is 0 Å². The predicted octanol–water partition coefficient (Wildman–Crippen LogP) is 1.05. The van der Waals surface area contributed by atoms with Gasteiger partial charge in [-0.1, -0.05) is 6.07 Å². The molecule has 0 saturated heterocycles. The molecule has 1 aromatic rings. The lowest BCUT2D eigenvalue weighted by atomic mass is 10.3. The normalized spacial score (nSPS) is 9.44. The third-order valence-electron chi connectivity index (χ3n) is 1.10. The molecular formula is C7H12N2. The largest absolute Gasteiger partial charge is 0.316 e. The second-order valence-electron chi connectivity index (χ2n) is 1.89. The van der Waals surface area contributed by atoms with Crippen LogP contribution < -0.4 is 5.32 Å². The Kier molecular flexibility index (Phi) is 2.22. The van der Waals surface area contributed by atoms with Crippen molar-refractivity contribution in [2.75, 3.05) is 7.05 Å². The van der Waals surface area contributed by atoms with Crippen LogP contribution >= 0.6 is 0 Å². The Balaban J connectivity index is 0.000000810. The minimum absolute atomic E-state index is 0. The van der Waals surface area contributed by atoms with E-state index in [1.54, 1.807) is 6.20 Å². The molecule has 0 aliphatic carbocycles. The summed E-state index contributed by atoms with van der Waals surface area (Å²) in [7, 11) is 1.92. The monoisotopic (exact) mass is 124 g/mol. The molecule has 0 amide bonds. The predicted molar refractivity (Wildman–Crippen MR) is 39.1 cm³/mol. The van der Waals surface area contributed by atoms with E-state index in [2.05, 4.69) is 10.3 Å². The van der Waals surface area contributed by atoms with Gasteiger partial charge in [-0.05, 0) is 18.7 Å². The van der Waals surface area contributed by atoms with Gasteiger partial charge in [-0.25, -0.2) is 0 Å². The van der Waals surface area contributed by atoms with E-state index in [9.17, 15) is 0 Å². The summed E-state index contributed by atoms with van der Waals surface area (Å²) in [4.78, 5) is 3.96. The van der Waals surface area contributed by atoms with E-state index in [0.29, 0.717) is 0 Å². The van der Waals surface area contributed by atoms with Crippen molar-refractivity contribution in [1.82, 2.24) is 10.3 Å². The number of nitrogens with one attached hydrogen (secondary N) is 1. The van der Waals surface area contributed by atoms with Crippen molar-refractivity contribution in [3.63, 3.8) is 0 Å². The number of hydrogen-bond donors (Lipinski definition) is 1. The SMILES string of the molecule is CNCc1cccnc1.[HH]. The van der Waals surface area contributed by atoms with Crippen molar-refractivity contribution < 1.29 is 1.43 Å². The van der Waals surface area contributed by atoms with Crippen LogP contribution in [0.4, 0.5) is 0 Å². The van der Waals surface area contributed by atoms with Crippen LogP contribution in [0.5, 0.6) is 0 Å². The molecule has 50 valence electrons. The van der Waals surface area contributed by atoms with Gasteiger partial charge >= 0.3 is 0 Å². The number of pyridine rings is 1. The molecule has 0 aromatic carbocycles. The minimum atomic E-state index is 0. The lowest BCUT2D eigenvalue weighted by Crippen LogP contribution is -2.04. The zero-order valence-electron chi connectivity index (χ0n) is 5.46. The number of aromatic nitrogens is 1. The van der Waals surface area contributed by atoms with Crippen molar-refractivity contribution in [2.24, 2.45) is 0 Å². The standard InChI is InChI=1S/C7H10N2.H2/c1-8-5-7-3-2-4-9-6-7;/h2-4,6,8H,5H2,1H3;1H. The fraction of sp³-hybridized carbons (Fsp3) is 0.286. The first-order valence-corrected chi connectivity index (χ1v) is 2.97. The smallest absolute Gasteiger partial charge is 0.0312 e. The number of nitrogens with zero attached hydrogens (tertiary/aromatic N) is 1. The van der Waals surface area contributed by atoms with Gasteiger partial charge in [-0.3, -0.25) is 4.98 Å². The Morgan fingerprint density at radius 2 is 2.67 bits per heavy atom. The molecule has 9 heavy (non-hydrogen) atoms. The molecule has 0 atom stereocenters. The zero-order valence-corrected chi connectivity index (χ0v) is 5.46. The highest BCUT2D eigenvalue weighted by Crippen LogP contribution is 1.92. The first-order valence-electron chi connectivity index (χ1n) is 2.97. The van der Waals surface area contributed by atoms with Gasteiger partial charge in [-0.2, -0.15) is 0 Å². The van der Waals surface area contributed by atoms with Crippen LogP contribution in [0.2, 0.25) is 0 Å². The molecule has 0 aliphatic heterocycles. The summed E-state index contributed by atoms with van der Waals surface area (Å²) >= 11 is 0. The Hall–Kier alpha value is -0.890. The summed E-state index contributed by atoms with van der Waals surface area (Å²) in [6.07, 6.45) is 3.63. The molecule has 0 unspecified atom stereocenters. The quantitative estimate of drug-likeness (QED) is 0.637. The summed E-state index contributed by atoms with van der Waals surface area (Å²) < 4.78 is 0. The van der Waals surface area contributed by atoms with Crippen molar-refractivity contribution in [3.05, 3.63) is 30.1 Å². The molecular weight excluding hydrogens is 112 g/mol. The number of rotatable bonds is 2. The molecule has 0 aliphatic rings. The summed E-state index contributed by atoms with van der Waals surface area (Å²) in [6, 6.07) is 3.98. The maximum Gasteiger partial charge on any atom is 0.0312 e. The summed E-state index contributed by atoms with van der Waals surface area (Å²) in [5.41, 5.74) is 1.22. The summed E-state index contributed by atoms with van der Waals surface area (Å²) in [5.74, 6) is 0. The lowest BCUT2D eigenvalue weighted by Gasteiger charge is -1.95. The Morgan fingerprint density at radius 3 is 3.22 bits per heavy atom. The molecule has 1 aromatic heterocycles. The molecule has 1 rings (SSSR count). The van der Waals surface area contributed by atoms with Gasteiger partial charge in [0.1, 0.15) is 0 Å². The second kappa shape index (κ2) is 3.20. The van der Waals surface area contributed by atoms with Crippen LogP contribution in [0, 0.1) is 0 Å². The van der Waals surface area contributed by atoms with Crippen LogP contribution in [0.1, 0.15) is 6.99 Å². The van der Waals surface area contributed by atoms with E-state index in [1.807, 2.05) is 25.4 Å². The van der Waals surface area contributed by atoms with E-state index in [4.69, 9.17) is 0 Å². The van der Waals surface area contributed by atoms with E-state index in [0.717, 1.165) is 6.54 Å². The molecule has 0 saturated carbocycles. The van der Waals surface area contributed by atoms with Gasteiger partial charge in [0.25, 0.3) is 0 Å². The topological polar surface area (TPSA) is 24.9 Å². The maximum atomic E-state index is 3.96. The number of hydrogen-bond acceptors (Lipinski definition) is 2. The van der Waals surface area contributed by atoms with E-state index in [1.165, 1.54) is 5.56 Å². The zero-order chi connectivity index (χ0) is 6.53. The van der Waals surface area contributed by atoms with Gasteiger partial charge in [0.15, 0.2) is 0 Å². The van der Waals surface area contributed by atoms with E-state index in [-0.39, 0.29) is 1.43 Å². The molecule has 1 N–H and O–H groups in total. The van der Waals surface area contributed by atoms with Crippen LogP contribution in [0.3, 0.4) is 0 Å². The Morgan fingerprint density at radius 1 is 1.78 bits per heavy atom. The molecule has 0 spiro atoms. The maximum absolute atomic E-state index is 3.96.